The fourth-order valence-electron chi connectivity index (χ4n) is 4.22. The van der Waals surface area contributed by atoms with Crippen molar-refractivity contribution in [2.45, 2.75) is 31.0 Å². The Bertz CT molecular complexity index is 650. The lowest BCUT2D eigenvalue weighted by atomic mass is 10.1. The van der Waals surface area contributed by atoms with E-state index in [0.717, 1.165) is 18.8 Å². The molecule has 2 aliphatic heterocycles. The molecule has 2 bridgehead atoms. The predicted octanol–water partition coefficient (Wildman–Crippen LogP) is 2.78. The number of rotatable bonds is 6. The molecule has 2 aromatic carbocycles. The van der Waals surface area contributed by atoms with Gasteiger partial charge in [0.05, 0.1) is 0 Å². The number of aliphatic hydroxyl groups excluding tert-OH is 1. The van der Waals surface area contributed by atoms with Crippen molar-refractivity contribution in [1.82, 2.24) is 4.90 Å². The van der Waals surface area contributed by atoms with Crippen molar-refractivity contribution in [2.24, 2.45) is 0 Å². The summed E-state index contributed by atoms with van der Waals surface area (Å²) in [6.07, 6.45) is 2.03. The van der Waals surface area contributed by atoms with Gasteiger partial charge in [-0.1, -0.05) is 36.4 Å². The normalized spacial score (nSPS) is 24.3. The molecule has 2 heterocycles. The second-order valence-corrected chi connectivity index (χ2v) is 7.12. The van der Waals surface area contributed by atoms with Crippen LogP contribution in [0.5, 0.6) is 5.75 Å². The highest BCUT2D eigenvalue weighted by atomic mass is 16.5. The van der Waals surface area contributed by atoms with Crippen LogP contribution in [0.25, 0.3) is 0 Å². The number of hydrogen-bond donors (Lipinski definition) is 1. The Morgan fingerprint density at radius 3 is 2.16 bits per heavy atom. The predicted molar refractivity (Wildman–Crippen MR) is 100 cm³/mol. The van der Waals surface area contributed by atoms with Crippen LogP contribution < -0.4 is 9.64 Å². The minimum atomic E-state index is -0.456. The van der Waals surface area contributed by atoms with Gasteiger partial charge in [0.25, 0.3) is 0 Å². The van der Waals surface area contributed by atoms with E-state index in [-0.39, 0.29) is 0 Å². The highest BCUT2D eigenvalue weighted by molar-refractivity contribution is 5.50. The van der Waals surface area contributed by atoms with E-state index in [9.17, 15) is 5.11 Å². The quantitative estimate of drug-likeness (QED) is 0.879. The zero-order valence-corrected chi connectivity index (χ0v) is 14.5. The number of para-hydroxylation sites is 2. The first-order valence-corrected chi connectivity index (χ1v) is 9.21. The number of anilines is 1. The van der Waals surface area contributed by atoms with Crippen molar-refractivity contribution in [2.75, 3.05) is 31.1 Å². The largest absolute Gasteiger partial charge is 0.491 e. The fourth-order valence-corrected chi connectivity index (χ4v) is 4.22. The standard InChI is InChI=1S/C21H26N2O2/c24-20(16-25-21-9-5-2-6-10-21)15-22-13-18-11-12-19(14-22)23(18)17-7-3-1-4-8-17/h1-10,18-20,24H,11-16H2. The third-order valence-corrected chi connectivity index (χ3v) is 5.27. The number of hydrogen-bond acceptors (Lipinski definition) is 4. The van der Waals surface area contributed by atoms with Gasteiger partial charge >= 0.3 is 0 Å². The van der Waals surface area contributed by atoms with E-state index in [4.69, 9.17) is 4.74 Å². The van der Waals surface area contributed by atoms with Crippen LogP contribution in [0.2, 0.25) is 0 Å². The molecule has 3 unspecified atom stereocenters. The Hall–Kier alpha value is -2.04. The summed E-state index contributed by atoms with van der Waals surface area (Å²) in [6.45, 7) is 3.07. The van der Waals surface area contributed by atoms with E-state index in [0.29, 0.717) is 25.2 Å². The Morgan fingerprint density at radius 2 is 1.52 bits per heavy atom. The van der Waals surface area contributed by atoms with Crippen molar-refractivity contribution in [1.29, 1.82) is 0 Å². The molecule has 4 rings (SSSR count). The van der Waals surface area contributed by atoms with Crippen molar-refractivity contribution in [3.05, 3.63) is 60.7 Å². The van der Waals surface area contributed by atoms with Crippen molar-refractivity contribution in [3.63, 3.8) is 0 Å². The van der Waals surface area contributed by atoms with Crippen molar-refractivity contribution < 1.29 is 9.84 Å². The molecule has 3 atom stereocenters. The number of aliphatic hydroxyl groups is 1. The van der Waals surface area contributed by atoms with Gasteiger partial charge in [0.2, 0.25) is 0 Å². The van der Waals surface area contributed by atoms with Crippen molar-refractivity contribution >= 4 is 5.69 Å². The molecule has 4 heteroatoms. The van der Waals surface area contributed by atoms with Crippen LogP contribution in [-0.4, -0.2) is 54.4 Å². The smallest absolute Gasteiger partial charge is 0.119 e. The van der Waals surface area contributed by atoms with Gasteiger partial charge < -0.3 is 14.7 Å². The number of β-amino-alcohol motifs (C(OH)–C–C–N with tert-alkyl or cyclic N) is 1. The van der Waals surface area contributed by atoms with Gasteiger partial charge in [0.1, 0.15) is 18.5 Å². The second-order valence-electron chi connectivity index (χ2n) is 7.12. The summed E-state index contributed by atoms with van der Waals surface area (Å²) in [7, 11) is 0. The van der Waals surface area contributed by atoms with E-state index in [1.165, 1.54) is 18.5 Å². The minimum absolute atomic E-state index is 0.345. The second kappa shape index (κ2) is 7.46. The summed E-state index contributed by atoms with van der Waals surface area (Å²) in [5.41, 5.74) is 1.34. The van der Waals surface area contributed by atoms with Gasteiger partial charge in [-0.3, -0.25) is 4.90 Å². The third kappa shape index (κ3) is 3.80. The fraction of sp³-hybridized carbons (Fsp3) is 0.429. The van der Waals surface area contributed by atoms with Gasteiger partial charge in [-0.05, 0) is 37.1 Å². The average molecular weight is 338 g/mol. The SMILES string of the molecule is OC(COc1ccccc1)CN1CC2CCC(C1)N2c1ccccc1. The molecule has 25 heavy (non-hydrogen) atoms. The van der Waals surface area contributed by atoms with E-state index in [2.05, 4.69) is 40.1 Å². The van der Waals surface area contributed by atoms with Crippen LogP contribution in [-0.2, 0) is 0 Å². The number of likely N-dealkylation sites (tertiary alicyclic amines) is 1. The molecule has 1 N–H and O–H groups in total. The Morgan fingerprint density at radius 1 is 0.920 bits per heavy atom. The first kappa shape index (κ1) is 16.4. The van der Waals surface area contributed by atoms with Gasteiger partial charge in [-0.25, -0.2) is 0 Å². The summed E-state index contributed by atoms with van der Waals surface area (Å²) in [5, 5.41) is 10.4. The summed E-state index contributed by atoms with van der Waals surface area (Å²) in [6, 6.07) is 21.6. The lowest BCUT2D eigenvalue weighted by molar-refractivity contribution is 0.0606. The van der Waals surface area contributed by atoms with Crippen LogP contribution in [0.3, 0.4) is 0 Å². The monoisotopic (exact) mass is 338 g/mol. The van der Waals surface area contributed by atoms with Crippen LogP contribution in [0.4, 0.5) is 5.69 Å². The number of nitrogens with zero attached hydrogens (tertiary/aromatic N) is 2. The number of benzene rings is 2. The molecule has 0 amide bonds. The van der Waals surface area contributed by atoms with Gasteiger partial charge in [0.15, 0.2) is 0 Å². The molecule has 132 valence electrons. The Balaban J connectivity index is 1.31. The van der Waals surface area contributed by atoms with E-state index in [1.807, 2.05) is 30.3 Å². The lowest BCUT2D eigenvalue weighted by Crippen LogP contribution is -2.55. The van der Waals surface area contributed by atoms with Crippen LogP contribution in [0.1, 0.15) is 12.8 Å². The summed E-state index contributed by atoms with van der Waals surface area (Å²) >= 11 is 0. The maximum atomic E-state index is 10.4. The maximum absolute atomic E-state index is 10.4. The van der Waals surface area contributed by atoms with Gasteiger partial charge in [-0.2, -0.15) is 0 Å². The Labute approximate surface area is 149 Å². The topological polar surface area (TPSA) is 35.9 Å². The number of fused-ring (bicyclic) bond motifs is 2. The lowest BCUT2D eigenvalue weighted by Gasteiger charge is -2.43. The first-order chi connectivity index (χ1) is 12.3. The van der Waals surface area contributed by atoms with E-state index < -0.39 is 6.10 Å². The molecule has 0 radical (unpaired) electrons. The molecule has 4 nitrogen and oxygen atoms in total. The summed E-state index contributed by atoms with van der Waals surface area (Å²) < 4.78 is 5.68. The average Bonchev–Trinajstić information content (AvgIpc) is 2.92. The zero-order chi connectivity index (χ0) is 17.1. The van der Waals surface area contributed by atoms with Crippen LogP contribution in [0, 0.1) is 0 Å². The summed E-state index contributed by atoms with van der Waals surface area (Å²) in [5.74, 6) is 0.815. The first-order valence-electron chi connectivity index (χ1n) is 9.21. The molecule has 0 saturated carbocycles. The molecule has 0 aromatic heterocycles. The van der Waals surface area contributed by atoms with E-state index in [1.54, 1.807) is 0 Å². The van der Waals surface area contributed by atoms with Gasteiger partial charge in [-0.15, -0.1) is 0 Å². The number of ether oxygens (including phenoxy) is 1. The van der Waals surface area contributed by atoms with Crippen LogP contribution in [0.15, 0.2) is 60.7 Å². The molecule has 2 aromatic rings. The summed E-state index contributed by atoms with van der Waals surface area (Å²) in [4.78, 5) is 4.99. The molecule has 0 aliphatic carbocycles. The van der Waals surface area contributed by atoms with Crippen LogP contribution >= 0.6 is 0 Å². The molecular formula is C21H26N2O2. The number of piperazine rings is 1. The highest BCUT2D eigenvalue weighted by Gasteiger charge is 2.40. The molecule has 2 fully saturated rings. The van der Waals surface area contributed by atoms with E-state index >= 15 is 0 Å². The Kier molecular flexibility index (Phi) is 4.90. The van der Waals surface area contributed by atoms with Crippen molar-refractivity contribution in [3.8, 4) is 5.75 Å². The molecule has 2 aliphatic rings. The maximum Gasteiger partial charge on any atom is 0.119 e. The highest BCUT2D eigenvalue weighted by Crippen LogP contribution is 2.34. The molecule has 2 saturated heterocycles. The zero-order valence-electron chi connectivity index (χ0n) is 14.5. The van der Waals surface area contributed by atoms with Gasteiger partial charge in [0, 0.05) is 37.4 Å². The minimum Gasteiger partial charge on any atom is -0.491 e. The third-order valence-electron chi connectivity index (χ3n) is 5.27. The molecule has 0 spiro atoms. The molecular weight excluding hydrogens is 312 g/mol.